The van der Waals surface area contributed by atoms with E-state index in [0.29, 0.717) is 18.7 Å². The van der Waals surface area contributed by atoms with Crippen molar-refractivity contribution in [2.45, 2.75) is 19.9 Å². The summed E-state index contributed by atoms with van der Waals surface area (Å²) in [4.78, 5) is 14.2. The van der Waals surface area contributed by atoms with Gasteiger partial charge >= 0.3 is 0 Å². The minimum atomic E-state index is -0.758. The molecule has 0 aromatic heterocycles. The largest absolute Gasteiger partial charge is 0.389 e. The molecule has 1 aliphatic rings. The smallest absolute Gasteiger partial charge is 0.165 e. The highest BCUT2D eigenvalue weighted by atomic mass is 19.1. The number of carbonyl (C=O) groups is 1. The molecule has 1 N–H and O–H groups in total. The van der Waals surface area contributed by atoms with Crippen molar-refractivity contribution in [3.05, 3.63) is 77.4 Å². The zero-order valence-electron chi connectivity index (χ0n) is 15.5. The number of aliphatic hydroxyl groups excluding tert-OH is 1. The molecule has 0 spiro atoms. The minimum absolute atomic E-state index is 0.158. The summed E-state index contributed by atoms with van der Waals surface area (Å²) in [5.74, 6) is -1.21. The molecular formula is C22H23F2NO2. The van der Waals surface area contributed by atoms with Gasteiger partial charge in [-0.1, -0.05) is 50.3 Å². The molecule has 1 aliphatic heterocycles. The van der Waals surface area contributed by atoms with Gasteiger partial charge in [-0.25, -0.2) is 8.78 Å². The summed E-state index contributed by atoms with van der Waals surface area (Å²) < 4.78 is 27.9. The second kappa shape index (κ2) is 7.71. The van der Waals surface area contributed by atoms with Crippen molar-refractivity contribution in [3.63, 3.8) is 0 Å². The van der Waals surface area contributed by atoms with Crippen molar-refractivity contribution in [1.82, 2.24) is 4.90 Å². The lowest BCUT2D eigenvalue weighted by Crippen LogP contribution is -2.40. The second-order valence-corrected chi connectivity index (χ2v) is 7.54. The average Bonchev–Trinajstić information content (AvgIpc) is 3.06. The molecule has 0 radical (unpaired) electrons. The van der Waals surface area contributed by atoms with Crippen LogP contribution in [0.5, 0.6) is 0 Å². The summed E-state index contributed by atoms with van der Waals surface area (Å²) in [6, 6.07) is 13.0. The van der Waals surface area contributed by atoms with Gasteiger partial charge < -0.3 is 5.11 Å². The number of hydrogen-bond donors (Lipinski definition) is 1. The number of hydrogen-bond acceptors (Lipinski definition) is 3. The molecule has 0 fully saturated rings. The molecule has 0 bridgehead atoms. The van der Waals surface area contributed by atoms with E-state index < -0.39 is 23.7 Å². The third-order valence-corrected chi connectivity index (χ3v) is 5.04. The number of rotatable bonds is 6. The number of benzene rings is 2. The Morgan fingerprint density at radius 2 is 1.89 bits per heavy atom. The first-order valence-electron chi connectivity index (χ1n) is 8.91. The molecule has 1 unspecified atom stereocenters. The van der Waals surface area contributed by atoms with Crippen molar-refractivity contribution in [3.8, 4) is 0 Å². The summed E-state index contributed by atoms with van der Waals surface area (Å²) >= 11 is 0. The van der Waals surface area contributed by atoms with Crippen molar-refractivity contribution < 1.29 is 18.7 Å². The van der Waals surface area contributed by atoms with Crippen LogP contribution in [0.4, 0.5) is 8.78 Å². The van der Waals surface area contributed by atoms with Gasteiger partial charge in [0.25, 0.3) is 0 Å². The topological polar surface area (TPSA) is 40.5 Å². The van der Waals surface area contributed by atoms with Crippen LogP contribution < -0.4 is 0 Å². The molecule has 0 amide bonds. The normalized spacial score (nSPS) is 17.8. The van der Waals surface area contributed by atoms with Crippen molar-refractivity contribution in [1.29, 1.82) is 0 Å². The number of nitrogens with zero attached hydrogens (tertiary/aromatic N) is 1. The molecule has 0 aliphatic carbocycles. The fourth-order valence-electron chi connectivity index (χ4n) is 3.51. The average molecular weight is 371 g/mol. The third kappa shape index (κ3) is 4.15. The van der Waals surface area contributed by atoms with Gasteiger partial charge in [0.05, 0.1) is 6.04 Å². The van der Waals surface area contributed by atoms with Crippen molar-refractivity contribution >= 4 is 11.4 Å². The number of carbonyl (C=O) groups excluding carboxylic acids is 1. The second-order valence-electron chi connectivity index (χ2n) is 7.54. The van der Waals surface area contributed by atoms with Gasteiger partial charge in [-0.3, -0.25) is 9.69 Å². The van der Waals surface area contributed by atoms with Crippen LogP contribution in [0, 0.1) is 17.0 Å². The predicted molar refractivity (Wildman–Crippen MR) is 101 cm³/mol. The Kier molecular flexibility index (Phi) is 5.53. The standard InChI is InChI=1S/C22H23F2NO2/c1-22(2,21(27)13-26)14-25-12-16(18-11-17(23)8-9-19(18)24)10-20(25)15-6-4-3-5-7-15/h3-11,20,26H,12-14H2,1-2H3. The first kappa shape index (κ1) is 19.4. The summed E-state index contributed by atoms with van der Waals surface area (Å²) in [5.41, 5.74) is 1.18. The predicted octanol–water partition coefficient (Wildman–Crippen LogP) is 3.99. The van der Waals surface area contributed by atoms with E-state index in [2.05, 4.69) is 4.90 Å². The molecule has 3 rings (SSSR count). The van der Waals surface area contributed by atoms with Crippen LogP contribution in [-0.2, 0) is 4.79 Å². The fraction of sp³-hybridized carbons (Fsp3) is 0.318. The SMILES string of the molecule is CC(C)(CN1CC(c2cc(F)ccc2F)=CC1c1ccccc1)C(=O)CO. The molecule has 2 aromatic carbocycles. The lowest BCUT2D eigenvalue weighted by molar-refractivity contribution is -0.131. The van der Waals surface area contributed by atoms with Gasteiger partial charge in [0, 0.05) is 24.1 Å². The zero-order valence-corrected chi connectivity index (χ0v) is 15.5. The monoisotopic (exact) mass is 371 g/mol. The van der Waals surface area contributed by atoms with Crippen LogP contribution >= 0.6 is 0 Å². The lowest BCUT2D eigenvalue weighted by atomic mass is 9.87. The van der Waals surface area contributed by atoms with E-state index in [-0.39, 0.29) is 17.4 Å². The van der Waals surface area contributed by atoms with Crippen LogP contribution in [0.1, 0.15) is 31.0 Å². The Balaban J connectivity index is 1.97. The van der Waals surface area contributed by atoms with Crippen LogP contribution in [0.2, 0.25) is 0 Å². The summed E-state index contributed by atoms with van der Waals surface area (Å²) in [5, 5.41) is 9.25. The minimum Gasteiger partial charge on any atom is -0.389 e. The molecule has 1 atom stereocenters. The van der Waals surface area contributed by atoms with Gasteiger partial charge in [0.15, 0.2) is 5.78 Å². The van der Waals surface area contributed by atoms with Crippen LogP contribution in [0.15, 0.2) is 54.6 Å². The third-order valence-electron chi connectivity index (χ3n) is 5.04. The van der Waals surface area contributed by atoms with E-state index in [1.54, 1.807) is 13.8 Å². The zero-order chi connectivity index (χ0) is 19.6. The maximum Gasteiger partial charge on any atom is 0.165 e. The van der Waals surface area contributed by atoms with Gasteiger partial charge in [0.1, 0.15) is 18.2 Å². The Bertz CT molecular complexity index is 862. The molecular weight excluding hydrogens is 348 g/mol. The van der Waals surface area contributed by atoms with E-state index in [1.807, 2.05) is 36.4 Å². The molecule has 0 saturated heterocycles. The number of halogens is 2. The van der Waals surface area contributed by atoms with E-state index in [9.17, 15) is 18.7 Å². The highest BCUT2D eigenvalue weighted by molar-refractivity contribution is 5.85. The van der Waals surface area contributed by atoms with Gasteiger partial charge in [0.2, 0.25) is 0 Å². The molecule has 3 nitrogen and oxygen atoms in total. The van der Waals surface area contributed by atoms with Gasteiger partial charge in [-0.05, 0) is 29.3 Å². The Hall–Kier alpha value is -2.37. The Morgan fingerprint density at radius 1 is 1.19 bits per heavy atom. The van der Waals surface area contributed by atoms with E-state index >= 15 is 0 Å². The van der Waals surface area contributed by atoms with Gasteiger partial charge in [-0.15, -0.1) is 0 Å². The van der Waals surface area contributed by atoms with Crippen LogP contribution in [0.3, 0.4) is 0 Å². The molecule has 5 heteroatoms. The highest BCUT2D eigenvalue weighted by Crippen LogP contribution is 2.37. The number of ketones is 1. The summed E-state index contributed by atoms with van der Waals surface area (Å²) in [6.07, 6.45) is 1.92. The van der Waals surface area contributed by atoms with E-state index in [1.165, 1.54) is 6.07 Å². The van der Waals surface area contributed by atoms with Crippen molar-refractivity contribution in [2.75, 3.05) is 19.7 Å². The first-order chi connectivity index (χ1) is 12.8. The first-order valence-corrected chi connectivity index (χ1v) is 8.91. The molecule has 1 heterocycles. The summed E-state index contributed by atoms with van der Waals surface area (Å²) in [7, 11) is 0. The lowest BCUT2D eigenvalue weighted by Gasteiger charge is -2.32. The maximum absolute atomic E-state index is 14.3. The molecule has 142 valence electrons. The number of Topliss-reactive ketones (excluding diaryl/α,β-unsaturated/α-hetero) is 1. The van der Waals surface area contributed by atoms with E-state index in [4.69, 9.17) is 0 Å². The number of aliphatic hydroxyl groups is 1. The Morgan fingerprint density at radius 3 is 2.56 bits per heavy atom. The maximum atomic E-state index is 14.3. The highest BCUT2D eigenvalue weighted by Gasteiger charge is 2.35. The van der Waals surface area contributed by atoms with E-state index in [0.717, 1.165) is 17.7 Å². The summed E-state index contributed by atoms with van der Waals surface area (Å²) in [6.45, 7) is 3.84. The fourth-order valence-corrected chi connectivity index (χ4v) is 3.51. The molecule has 0 saturated carbocycles. The van der Waals surface area contributed by atoms with Gasteiger partial charge in [-0.2, -0.15) is 0 Å². The quantitative estimate of drug-likeness (QED) is 0.835. The molecule has 2 aromatic rings. The molecule has 27 heavy (non-hydrogen) atoms. The van der Waals surface area contributed by atoms with Crippen molar-refractivity contribution in [2.24, 2.45) is 5.41 Å². The van der Waals surface area contributed by atoms with Crippen LogP contribution in [-0.4, -0.2) is 35.5 Å². The van der Waals surface area contributed by atoms with Crippen LogP contribution in [0.25, 0.3) is 5.57 Å². The Labute approximate surface area is 157 Å².